The maximum Gasteiger partial charge on any atom is 0.295 e. The first-order valence-electron chi connectivity index (χ1n) is 10.4. The van der Waals surface area contributed by atoms with Gasteiger partial charge in [0.1, 0.15) is 10.6 Å². The first kappa shape index (κ1) is 23.2. The molecule has 0 unspecified atom stereocenters. The number of phenols is 1. The van der Waals surface area contributed by atoms with Crippen LogP contribution in [0.1, 0.15) is 16.7 Å². The summed E-state index contributed by atoms with van der Waals surface area (Å²) in [7, 11) is -4.52. The lowest BCUT2D eigenvalue weighted by Crippen LogP contribution is -2.02. The predicted molar refractivity (Wildman–Crippen MR) is 135 cm³/mol. The van der Waals surface area contributed by atoms with E-state index in [0.717, 1.165) is 27.9 Å². The molecule has 0 saturated carbocycles. The summed E-state index contributed by atoms with van der Waals surface area (Å²) in [6, 6.07) is 15.7. The van der Waals surface area contributed by atoms with Crippen molar-refractivity contribution in [3.8, 4) is 16.9 Å². The number of anilines is 2. The summed E-state index contributed by atoms with van der Waals surface area (Å²) in [5, 5.41) is 19.4. The molecule has 0 aliphatic rings. The zero-order valence-electron chi connectivity index (χ0n) is 18.9. The summed E-state index contributed by atoms with van der Waals surface area (Å²) in [6.07, 6.45) is 0. The van der Waals surface area contributed by atoms with Gasteiger partial charge < -0.3 is 16.6 Å². The molecule has 34 heavy (non-hydrogen) atoms. The van der Waals surface area contributed by atoms with E-state index in [4.69, 9.17) is 11.5 Å². The molecular formula is C25H24N4O4S. The van der Waals surface area contributed by atoms with Crippen LogP contribution < -0.4 is 11.5 Å². The number of rotatable bonds is 4. The van der Waals surface area contributed by atoms with Gasteiger partial charge in [0, 0.05) is 16.8 Å². The van der Waals surface area contributed by atoms with Gasteiger partial charge in [-0.2, -0.15) is 13.5 Å². The van der Waals surface area contributed by atoms with Crippen LogP contribution >= 0.6 is 0 Å². The third-order valence-electron chi connectivity index (χ3n) is 5.81. The van der Waals surface area contributed by atoms with Crippen molar-refractivity contribution in [3.05, 3.63) is 71.3 Å². The van der Waals surface area contributed by atoms with Gasteiger partial charge in [0.2, 0.25) is 0 Å². The van der Waals surface area contributed by atoms with Crippen LogP contribution in [0.4, 0.5) is 22.7 Å². The van der Waals surface area contributed by atoms with Gasteiger partial charge in [0.15, 0.2) is 5.75 Å². The molecule has 174 valence electrons. The van der Waals surface area contributed by atoms with E-state index < -0.39 is 10.1 Å². The van der Waals surface area contributed by atoms with Crippen molar-refractivity contribution in [3.63, 3.8) is 0 Å². The van der Waals surface area contributed by atoms with Gasteiger partial charge in [0.25, 0.3) is 10.1 Å². The van der Waals surface area contributed by atoms with E-state index in [-0.39, 0.29) is 32.8 Å². The van der Waals surface area contributed by atoms with Crippen LogP contribution in [-0.4, -0.2) is 18.1 Å². The van der Waals surface area contributed by atoms with Gasteiger partial charge in [-0.05, 0) is 85.0 Å². The highest BCUT2D eigenvalue weighted by molar-refractivity contribution is 7.86. The van der Waals surface area contributed by atoms with Crippen molar-refractivity contribution in [1.82, 2.24) is 0 Å². The average molecular weight is 477 g/mol. The van der Waals surface area contributed by atoms with Crippen LogP contribution in [0.5, 0.6) is 5.75 Å². The van der Waals surface area contributed by atoms with Gasteiger partial charge in [-0.1, -0.05) is 18.2 Å². The number of aryl methyl sites for hydroxylation is 3. The molecule has 9 heteroatoms. The number of nitrogen functional groups attached to an aromatic ring is 2. The first-order chi connectivity index (χ1) is 16.0. The fourth-order valence-corrected chi connectivity index (χ4v) is 4.59. The molecule has 4 rings (SSSR count). The zero-order chi connectivity index (χ0) is 24.8. The Bertz CT molecular complexity index is 1600. The van der Waals surface area contributed by atoms with E-state index in [9.17, 15) is 18.1 Å². The van der Waals surface area contributed by atoms with Crippen molar-refractivity contribution in [1.29, 1.82) is 0 Å². The molecule has 0 fully saturated rings. The quantitative estimate of drug-likeness (QED) is 0.162. The van der Waals surface area contributed by atoms with Gasteiger partial charge in [-0.3, -0.25) is 4.55 Å². The zero-order valence-corrected chi connectivity index (χ0v) is 19.7. The van der Waals surface area contributed by atoms with E-state index in [1.54, 1.807) is 6.92 Å². The van der Waals surface area contributed by atoms with Crippen LogP contribution in [-0.2, 0) is 10.1 Å². The minimum Gasteiger partial charge on any atom is -0.505 e. The summed E-state index contributed by atoms with van der Waals surface area (Å²) in [6.45, 7) is 5.45. The van der Waals surface area contributed by atoms with Crippen molar-refractivity contribution < 1.29 is 18.1 Å². The fourth-order valence-electron chi connectivity index (χ4n) is 3.81. The molecule has 0 aliphatic carbocycles. The van der Waals surface area contributed by atoms with Crippen LogP contribution in [0.15, 0.2) is 69.7 Å². The summed E-state index contributed by atoms with van der Waals surface area (Å²) in [5.41, 5.74) is 18.0. The summed E-state index contributed by atoms with van der Waals surface area (Å²) >= 11 is 0. The normalized spacial score (nSPS) is 12.0. The van der Waals surface area contributed by atoms with Crippen molar-refractivity contribution in [2.24, 2.45) is 10.2 Å². The highest BCUT2D eigenvalue weighted by Crippen LogP contribution is 2.42. The number of fused-ring (bicyclic) bond motifs is 1. The average Bonchev–Trinajstić information content (AvgIpc) is 2.77. The van der Waals surface area contributed by atoms with Crippen molar-refractivity contribution in [2.45, 2.75) is 25.7 Å². The minimum absolute atomic E-state index is 0.0925. The minimum atomic E-state index is -4.52. The highest BCUT2D eigenvalue weighted by Gasteiger charge is 2.20. The number of nitrogens with zero attached hydrogens (tertiary/aromatic N) is 2. The molecule has 0 spiro atoms. The third-order valence-corrected chi connectivity index (χ3v) is 6.70. The smallest absolute Gasteiger partial charge is 0.295 e. The third kappa shape index (κ3) is 4.18. The maximum atomic E-state index is 11.8. The molecule has 0 saturated heterocycles. The number of aromatic hydroxyl groups is 1. The lowest BCUT2D eigenvalue weighted by atomic mass is 10.0. The molecule has 4 aromatic rings. The SMILES string of the molecule is Cc1cc(-c2ccc(N=Nc3ccc4c(S(=O)(=O)O)cc(C)c(N)c4c3O)c(C)c2)ccc1N. The second-order valence-electron chi connectivity index (χ2n) is 8.21. The highest BCUT2D eigenvalue weighted by atomic mass is 32.2. The summed E-state index contributed by atoms with van der Waals surface area (Å²) < 4.78 is 33.2. The molecule has 6 N–H and O–H groups in total. The molecule has 0 heterocycles. The summed E-state index contributed by atoms with van der Waals surface area (Å²) in [5.74, 6) is -0.320. The van der Waals surface area contributed by atoms with Crippen LogP contribution in [0.2, 0.25) is 0 Å². The monoisotopic (exact) mass is 476 g/mol. The number of azo groups is 1. The number of benzene rings is 4. The van der Waals surface area contributed by atoms with Gasteiger partial charge in [-0.25, -0.2) is 0 Å². The lowest BCUT2D eigenvalue weighted by molar-refractivity contribution is 0.482. The van der Waals surface area contributed by atoms with E-state index in [1.807, 2.05) is 50.2 Å². The Morgan fingerprint density at radius 2 is 1.35 bits per heavy atom. The molecule has 0 amide bonds. The van der Waals surface area contributed by atoms with Crippen molar-refractivity contribution in [2.75, 3.05) is 11.5 Å². The maximum absolute atomic E-state index is 11.8. The lowest BCUT2D eigenvalue weighted by Gasteiger charge is -2.12. The molecule has 0 aromatic heterocycles. The Morgan fingerprint density at radius 3 is 1.97 bits per heavy atom. The standard InChI is InChI=1S/C25H24N4O4S/c1-13-10-16(4-7-19(13)26)17-5-8-20(14(2)11-17)28-29-21-9-6-18-22(34(31,32)33)12-15(3)24(27)23(18)25(21)30/h4-12,30H,26-27H2,1-3H3,(H,31,32,33). The molecule has 0 radical (unpaired) electrons. The van der Waals surface area contributed by atoms with E-state index in [1.165, 1.54) is 18.2 Å². The second kappa shape index (κ2) is 8.44. The molecule has 0 aliphatic heterocycles. The van der Waals surface area contributed by atoms with E-state index in [0.29, 0.717) is 11.3 Å². The first-order valence-corrected chi connectivity index (χ1v) is 11.8. The largest absolute Gasteiger partial charge is 0.505 e. The number of hydrogen-bond acceptors (Lipinski definition) is 7. The molecule has 0 bridgehead atoms. The Kier molecular flexibility index (Phi) is 5.76. The van der Waals surface area contributed by atoms with E-state index >= 15 is 0 Å². The molecular weight excluding hydrogens is 452 g/mol. The number of nitrogens with two attached hydrogens (primary N) is 2. The predicted octanol–water partition coefficient (Wildman–Crippen LogP) is 5.96. The van der Waals surface area contributed by atoms with Crippen LogP contribution in [0, 0.1) is 20.8 Å². The Labute approximate surface area is 197 Å². The second-order valence-corrected chi connectivity index (χ2v) is 9.60. The van der Waals surface area contributed by atoms with Crippen LogP contribution in [0.25, 0.3) is 21.9 Å². The summed E-state index contributed by atoms with van der Waals surface area (Å²) in [4.78, 5) is -0.336. The van der Waals surface area contributed by atoms with Gasteiger partial charge in [0.05, 0.1) is 11.1 Å². The fraction of sp³-hybridized carbons (Fsp3) is 0.120. The van der Waals surface area contributed by atoms with Crippen LogP contribution in [0.3, 0.4) is 0 Å². The Morgan fingerprint density at radius 1 is 0.765 bits per heavy atom. The number of hydrogen-bond donors (Lipinski definition) is 4. The van der Waals surface area contributed by atoms with E-state index in [2.05, 4.69) is 10.2 Å². The molecule has 4 aromatic carbocycles. The Hall–Kier alpha value is -3.95. The molecule has 0 atom stereocenters. The molecule has 8 nitrogen and oxygen atoms in total. The Balaban J connectivity index is 1.75. The van der Waals surface area contributed by atoms with Gasteiger partial charge in [-0.15, -0.1) is 5.11 Å². The topological polar surface area (TPSA) is 151 Å². The van der Waals surface area contributed by atoms with Gasteiger partial charge >= 0.3 is 0 Å². The van der Waals surface area contributed by atoms with Crippen molar-refractivity contribution >= 4 is 43.6 Å². The number of phenolic OH excluding ortho intramolecular Hbond substituents is 1.